The van der Waals surface area contributed by atoms with E-state index in [0.717, 1.165) is 6.42 Å². The average Bonchev–Trinajstić information content (AvgIpc) is 2.96. The maximum Gasteiger partial charge on any atom is 0.0992 e. The first-order chi connectivity index (χ1) is 9.04. The number of aromatic nitrogens is 1. The van der Waals surface area contributed by atoms with Gasteiger partial charge in [-0.1, -0.05) is 32.9 Å². The van der Waals surface area contributed by atoms with E-state index in [2.05, 4.69) is 44.3 Å². The third kappa shape index (κ3) is 2.67. The summed E-state index contributed by atoms with van der Waals surface area (Å²) in [5, 5.41) is 4.83. The predicted octanol–water partition coefficient (Wildman–Crippen LogP) is 3.89. The van der Waals surface area contributed by atoms with Gasteiger partial charge in [0.1, 0.15) is 0 Å². The minimum Gasteiger partial charge on any atom is -0.314 e. The molecule has 0 radical (unpaired) electrons. The topological polar surface area (TPSA) is 24.9 Å². The summed E-state index contributed by atoms with van der Waals surface area (Å²) in [5.41, 5.74) is 2.78. The molecule has 2 nitrogen and oxygen atoms in total. The predicted molar refractivity (Wildman–Crippen MR) is 83.0 cm³/mol. The Morgan fingerprint density at radius 2 is 2.21 bits per heavy atom. The fourth-order valence-electron chi connectivity index (χ4n) is 2.69. The molecule has 1 fully saturated rings. The molecule has 19 heavy (non-hydrogen) atoms. The highest BCUT2D eigenvalue weighted by molar-refractivity contribution is 7.18. The van der Waals surface area contributed by atoms with Crippen LogP contribution in [0.4, 0.5) is 0 Å². The molecule has 0 spiro atoms. The van der Waals surface area contributed by atoms with Crippen molar-refractivity contribution in [3.05, 3.63) is 28.8 Å². The highest BCUT2D eigenvalue weighted by atomic mass is 32.1. The lowest BCUT2D eigenvalue weighted by atomic mass is 9.98. The van der Waals surface area contributed by atoms with Crippen LogP contribution in [-0.2, 0) is 11.8 Å². The monoisotopic (exact) mass is 274 g/mol. The molecular weight excluding hydrogens is 252 g/mol. The highest BCUT2D eigenvalue weighted by Gasteiger charge is 2.21. The summed E-state index contributed by atoms with van der Waals surface area (Å²) in [6.07, 6.45) is 3.72. The van der Waals surface area contributed by atoms with Gasteiger partial charge in [0.2, 0.25) is 0 Å². The second-order valence-corrected chi connectivity index (χ2v) is 7.56. The molecule has 1 saturated heterocycles. The molecule has 3 heteroatoms. The third-order valence-electron chi connectivity index (χ3n) is 3.77. The molecule has 102 valence electrons. The Bertz CT molecular complexity index is 574. The lowest BCUT2D eigenvalue weighted by molar-refractivity contribution is 0.585. The van der Waals surface area contributed by atoms with Gasteiger partial charge in [-0.3, -0.25) is 0 Å². The molecule has 1 N–H and O–H groups in total. The molecule has 1 aliphatic rings. The second-order valence-electron chi connectivity index (χ2n) is 6.53. The molecule has 1 unspecified atom stereocenters. The zero-order valence-electron chi connectivity index (χ0n) is 12.0. The lowest BCUT2D eigenvalue weighted by Gasteiger charge is -2.13. The normalized spacial score (nSPS) is 20.3. The van der Waals surface area contributed by atoms with Crippen molar-refractivity contribution in [3.8, 4) is 0 Å². The quantitative estimate of drug-likeness (QED) is 0.898. The van der Waals surface area contributed by atoms with Crippen LogP contribution in [0.2, 0.25) is 0 Å². The maximum absolute atomic E-state index is 4.92. The fourth-order valence-corrected chi connectivity index (χ4v) is 3.76. The zero-order valence-corrected chi connectivity index (χ0v) is 12.8. The molecular formula is C16H22N2S. The van der Waals surface area contributed by atoms with E-state index in [4.69, 9.17) is 4.98 Å². The summed E-state index contributed by atoms with van der Waals surface area (Å²) in [4.78, 5) is 4.92. The summed E-state index contributed by atoms with van der Waals surface area (Å²) in [6, 6.07) is 7.27. The summed E-state index contributed by atoms with van der Waals surface area (Å²) < 4.78 is 1.33. The zero-order chi connectivity index (χ0) is 13.5. The van der Waals surface area contributed by atoms with E-state index in [9.17, 15) is 0 Å². The van der Waals surface area contributed by atoms with Gasteiger partial charge in [-0.15, -0.1) is 11.3 Å². The first-order valence-corrected chi connectivity index (χ1v) is 7.98. The number of para-hydroxylation sites is 1. The SMILES string of the molecule is CC(C)(C)c1nc2c(CC3CCCN3)cccc2s1. The van der Waals surface area contributed by atoms with E-state index in [1.54, 1.807) is 0 Å². The van der Waals surface area contributed by atoms with Crippen molar-refractivity contribution in [2.75, 3.05) is 6.54 Å². The maximum atomic E-state index is 4.92. The molecule has 2 heterocycles. The lowest BCUT2D eigenvalue weighted by Crippen LogP contribution is -2.23. The van der Waals surface area contributed by atoms with Crippen molar-refractivity contribution in [1.82, 2.24) is 10.3 Å². The van der Waals surface area contributed by atoms with Crippen LogP contribution in [0.5, 0.6) is 0 Å². The number of rotatable bonds is 2. The van der Waals surface area contributed by atoms with Gasteiger partial charge in [-0.05, 0) is 37.4 Å². The second kappa shape index (κ2) is 4.88. The van der Waals surface area contributed by atoms with E-state index < -0.39 is 0 Å². The van der Waals surface area contributed by atoms with Crippen molar-refractivity contribution in [2.45, 2.75) is 51.5 Å². The number of fused-ring (bicyclic) bond motifs is 1. The van der Waals surface area contributed by atoms with Gasteiger partial charge in [-0.25, -0.2) is 4.98 Å². The van der Waals surface area contributed by atoms with Crippen molar-refractivity contribution in [3.63, 3.8) is 0 Å². The molecule has 2 aromatic rings. The van der Waals surface area contributed by atoms with Crippen molar-refractivity contribution in [2.24, 2.45) is 0 Å². The number of hydrogen-bond donors (Lipinski definition) is 1. The van der Waals surface area contributed by atoms with Crippen LogP contribution in [0.3, 0.4) is 0 Å². The van der Waals surface area contributed by atoms with E-state index >= 15 is 0 Å². The molecule has 0 amide bonds. The van der Waals surface area contributed by atoms with E-state index in [1.165, 1.54) is 40.2 Å². The number of nitrogens with one attached hydrogen (secondary N) is 1. The van der Waals surface area contributed by atoms with Gasteiger partial charge < -0.3 is 5.32 Å². The molecule has 1 atom stereocenters. The van der Waals surface area contributed by atoms with Crippen molar-refractivity contribution in [1.29, 1.82) is 0 Å². The Balaban J connectivity index is 1.97. The third-order valence-corrected chi connectivity index (χ3v) is 5.22. The minimum atomic E-state index is 0.145. The van der Waals surface area contributed by atoms with Gasteiger partial charge >= 0.3 is 0 Å². The fraction of sp³-hybridized carbons (Fsp3) is 0.562. The Hall–Kier alpha value is -0.930. The van der Waals surface area contributed by atoms with E-state index in [0.29, 0.717) is 6.04 Å². The van der Waals surface area contributed by atoms with Crippen LogP contribution in [0.15, 0.2) is 18.2 Å². The highest BCUT2D eigenvalue weighted by Crippen LogP contribution is 2.33. The molecule has 1 aliphatic heterocycles. The van der Waals surface area contributed by atoms with Gasteiger partial charge in [0.15, 0.2) is 0 Å². The smallest absolute Gasteiger partial charge is 0.0992 e. The van der Waals surface area contributed by atoms with Gasteiger partial charge in [0, 0.05) is 11.5 Å². The van der Waals surface area contributed by atoms with Gasteiger partial charge in [-0.2, -0.15) is 0 Å². The first-order valence-electron chi connectivity index (χ1n) is 7.16. The molecule has 3 rings (SSSR count). The van der Waals surface area contributed by atoms with Crippen LogP contribution in [0.1, 0.15) is 44.2 Å². The summed E-state index contributed by atoms with van der Waals surface area (Å²) in [6.45, 7) is 7.89. The van der Waals surface area contributed by atoms with Gasteiger partial charge in [0.25, 0.3) is 0 Å². The van der Waals surface area contributed by atoms with Crippen LogP contribution in [0.25, 0.3) is 10.2 Å². The minimum absolute atomic E-state index is 0.145. The Labute approximate surface area is 119 Å². The van der Waals surface area contributed by atoms with Gasteiger partial charge in [0.05, 0.1) is 15.2 Å². The molecule has 0 saturated carbocycles. The Morgan fingerprint density at radius 3 is 2.89 bits per heavy atom. The summed E-state index contributed by atoms with van der Waals surface area (Å²) in [7, 11) is 0. The average molecular weight is 274 g/mol. The van der Waals surface area contributed by atoms with Crippen LogP contribution in [0, 0.1) is 0 Å². The number of benzene rings is 1. The van der Waals surface area contributed by atoms with Crippen LogP contribution >= 0.6 is 11.3 Å². The number of nitrogens with zero attached hydrogens (tertiary/aromatic N) is 1. The summed E-state index contributed by atoms with van der Waals surface area (Å²) >= 11 is 1.84. The Kier molecular flexibility index (Phi) is 3.35. The molecule has 0 aliphatic carbocycles. The summed E-state index contributed by atoms with van der Waals surface area (Å²) in [5.74, 6) is 0. The van der Waals surface area contributed by atoms with E-state index in [-0.39, 0.29) is 5.41 Å². The number of thiazole rings is 1. The van der Waals surface area contributed by atoms with Crippen LogP contribution < -0.4 is 5.32 Å². The Morgan fingerprint density at radius 1 is 1.37 bits per heavy atom. The molecule has 1 aromatic carbocycles. The first kappa shape index (κ1) is 13.1. The molecule has 0 bridgehead atoms. The largest absolute Gasteiger partial charge is 0.314 e. The van der Waals surface area contributed by atoms with Crippen molar-refractivity contribution >= 4 is 21.6 Å². The number of hydrogen-bond acceptors (Lipinski definition) is 3. The van der Waals surface area contributed by atoms with E-state index in [1.807, 2.05) is 11.3 Å². The molecule has 1 aromatic heterocycles. The van der Waals surface area contributed by atoms with Crippen LogP contribution in [-0.4, -0.2) is 17.6 Å². The standard InChI is InChI=1S/C16H22N2S/c1-16(2,3)15-18-14-11(6-4-8-13(14)19-15)10-12-7-5-9-17-12/h4,6,8,12,17H,5,7,9-10H2,1-3H3. The van der Waals surface area contributed by atoms with Crippen molar-refractivity contribution < 1.29 is 0 Å².